The Balaban J connectivity index is 2.07. The van der Waals surface area contributed by atoms with Crippen LogP contribution in [0.25, 0.3) is 0 Å². The summed E-state index contributed by atoms with van der Waals surface area (Å²) in [7, 11) is 0. The van der Waals surface area contributed by atoms with Crippen molar-refractivity contribution in [2.45, 2.75) is 39.2 Å². The fraction of sp³-hybridized carbons (Fsp3) is 0.533. The van der Waals surface area contributed by atoms with E-state index >= 15 is 0 Å². The molecule has 0 bridgehead atoms. The summed E-state index contributed by atoms with van der Waals surface area (Å²) < 4.78 is 10.4. The minimum atomic E-state index is -1.30. The van der Waals surface area contributed by atoms with Crippen molar-refractivity contribution in [3.05, 3.63) is 23.7 Å². The monoisotopic (exact) mass is 308 g/mol. The first kappa shape index (κ1) is 16.1. The van der Waals surface area contributed by atoms with Crippen LogP contribution in [0, 0.1) is 6.92 Å². The molecule has 1 unspecified atom stereocenters. The molecule has 0 aliphatic carbocycles. The van der Waals surface area contributed by atoms with E-state index in [1.807, 2.05) is 6.92 Å². The summed E-state index contributed by atoms with van der Waals surface area (Å²) in [6.45, 7) is 5.16. The molecule has 2 heterocycles. The lowest BCUT2D eigenvalue weighted by molar-refractivity contribution is -0.148. The Hall–Kier alpha value is -2.31. The Morgan fingerprint density at radius 1 is 1.41 bits per heavy atom. The van der Waals surface area contributed by atoms with E-state index in [2.05, 4.69) is 5.32 Å². The molecule has 1 aromatic rings. The van der Waals surface area contributed by atoms with Gasteiger partial charge in [0.05, 0.1) is 6.61 Å². The molecule has 0 aromatic carbocycles. The summed E-state index contributed by atoms with van der Waals surface area (Å²) in [5.41, 5.74) is -1.30. The number of unbranched alkanes of at least 4 members (excludes halogenated alkanes) is 1. The molecule has 1 aliphatic heterocycles. The van der Waals surface area contributed by atoms with Gasteiger partial charge in [-0.15, -0.1) is 0 Å². The fourth-order valence-electron chi connectivity index (χ4n) is 2.22. The van der Waals surface area contributed by atoms with E-state index in [0.29, 0.717) is 11.5 Å². The second kappa shape index (κ2) is 6.21. The molecule has 3 amide bonds. The number of urea groups is 1. The van der Waals surface area contributed by atoms with Crippen LogP contribution in [0.1, 0.15) is 38.2 Å². The molecule has 7 heteroatoms. The third kappa shape index (κ3) is 2.98. The maximum Gasteiger partial charge on any atom is 0.326 e. The Bertz CT molecular complexity index is 595. The smallest absolute Gasteiger partial charge is 0.326 e. The number of nitrogens with zero attached hydrogens (tertiary/aromatic N) is 1. The van der Waals surface area contributed by atoms with E-state index in [9.17, 15) is 14.4 Å². The van der Waals surface area contributed by atoms with E-state index in [1.165, 1.54) is 0 Å². The van der Waals surface area contributed by atoms with Crippen molar-refractivity contribution < 1.29 is 23.5 Å². The number of aryl methyl sites for hydroxylation is 1. The highest BCUT2D eigenvalue weighted by Gasteiger charge is 2.51. The lowest BCUT2D eigenvalue weighted by atomic mass is 9.99. The van der Waals surface area contributed by atoms with Crippen molar-refractivity contribution in [2.24, 2.45) is 0 Å². The molecule has 1 saturated heterocycles. The second-order valence-corrected chi connectivity index (χ2v) is 5.43. The summed E-state index contributed by atoms with van der Waals surface area (Å²) >= 11 is 0. The molecule has 1 aliphatic rings. The number of esters is 1. The molecule has 22 heavy (non-hydrogen) atoms. The van der Waals surface area contributed by atoms with Crippen LogP contribution in [0.5, 0.6) is 0 Å². The fourth-order valence-corrected chi connectivity index (χ4v) is 2.22. The number of ether oxygens (including phenoxy) is 1. The van der Waals surface area contributed by atoms with Gasteiger partial charge < -0.3 is 14.5 Å². The van der Waals surface area contributed by atoms with Crippen molar-refractivity contribution in [1.82, 2.24) is 10.2 Å². The Morgan fingerprint density at radius 2 is 2.14 bits per heavy atom. The number of rotatable bonds is 6. The van der Waals surface area contributed by atoms with Gasteiger partial charge >= 0.3 is 12.0 Å². The lowest BCUT2D eigenvalue weighted by Crippen LogP contribution is -2.41. The number of carbonyl (C=O) groups excluding carboxylic acids is 3. The zero-order chi connectivity index (χ0) is 16.3. The van der Waals surface area contributed by atoms with E-state index in [-0.39, 0.29) is 6.61 Å². The highest BCUT2D eigenvalue weighted by Crippen LogP contribution is 2.29. The van der Waals surface area contributed by atoms with Crippen molar-refractivity contribution in [1.29, 1.82) is 0 Å². The van der Waals surface area contributed by atoms with Gasteiger partial charge in [0.15, 0.2) is 5.54 Å². The van der Waals surface area contributed by atoms with E-state index in [0.717, 1.165) is 17.7 Å². The first-order valence-corrected chi connectivity index (χ1v) is 7.25. The molecule has 1 aromatic heterocycles. The van der Waals surface area contributed by atoms with Gasteiger partial charge in [-0.3, -0.25) is 14.5 Å². The molecular formula is C15H20N2O5. The molecule has 0 spiro atoms. The van der Waals surface area contributed by atoms with Crippen LogP contribution in [-0.4, -0.2) is 36.0 Å². The van der Waals surface area contributed by atoms with Gasteiger partial charge in [-0.25, -0.2) is 4.79 Å². The van der Waals surface area contributed by atoms with E-state index < -0.39 is 30.0 Å². The highest BCUT2D eigenvalue weighted by atomic mass is 16.5. The minimum Gasteiger partial charge on any atom is -0.464 e. The van der Waals surface area contributed by atoms with Gasteiger partial charge in [-0.1, -0.05) is 13.3 Å². The van der Waals surface area contributed by atoms with Crippen molar-refractivity contribution in [3.63, 3.8) is 0 Å². The van der Waals surface area contributed by atoms with Crippen LogP contribution >= 0.6 is 0 Å². The van der Waals surface area contributed by atoms with Crippen LogP contribution in [0.3, 0.4) is 0 Å². The molecule has 0 saturated carbocycles. The Kier molecular flexibility index (Phi) is 4.54. The molecule has 1 atom stereocenters. The summed E-state index contributed by atoms with van der Waals surface area (Å²) in [6, 6.07) is 2.71. The quantitative estimate of drug-likeness (QED) is 0.491. The van der Waals surface area contributed by atoms with Gasteiger partial charge in [0.1, 0.15) is 18.1 Å². The molecule has 0 radical (unpaired) electrons. The summed E-state index contributed by atoms with van der Waals surface area (Å²) in [6.07, 6.45) is 1.64. The van der Waals surface area contributed by atoms with Crippen molar-refractivity contribution >= 4 is 17.9 Å². The number of hydrogen-bond acceptors (Lipinski definition) is 5. The largest absolute Gasteiger partial charge is 0.464 e. The summed E-state index contributed by atoms with van der Waals surface area (Å²) in [5.74, 6) is -0.156. The third-order valence-corrected chi connectivity index (χ3v) is 3.56. The average molecular weight is 308 g/mol. The van der Waals surface area contributed by atoms with Crippen molar-refractivity contribution in [2.75, 3.05) is 13.2 Å². The molecule has 7 nitrogen and oxygen atoms in total. The third-order valence-electron chi connectivity index (χ3n) is 3.56. The first-order chi connectivity index (χ1) is 10.4. The van der Waals surface area contributed by atoms with Crippen LogP contribution in [0.2, 0.25) is 0 Å². The van der Waals surface area contributed by atoms with Gasteiger partial charge in [0.2, 0.25) is 0 Å². The van der Waals surface area contributed by atoms with Gasteiger partial charge in [-0.05, 0) is 32.4 Å². The molecule has 120 valence electrons. The number of amides is 3. The number of furan rings is 1. The average Bonchev–Trinajstić information content (AvgIpc) is 2.98. The minimum absolute atomic E-state index is 0.285. The maximum absolute atomic E-state index is 12.5. The summed E-state index contributed by atoms with van der Waals surface area (Å²) in [4.78, 5) is 37.0. The first-order valence-electron chi connectivity index (χ1n) is 7.25. The predicted molar refractivity (Wildman–Crippen MR) is 76.9 cm³/mol. The van der Waals surface area contributed by atoms with Crippen LogP contribution in [0.15, 0.2) is 16.5 Å². The molecule has 2 rings (SSSR count). The van der Waals surface area contributed by atoms with Gasteiger partial charge in [0.25, 0.3) is 5.91 Å². The van der Waals surface area contributed by atoms with E-state index in [4.69, 9.17) is 9.15 Å². The zero-order valence-corrected chi connectivity index (χ0v) is 13.0. The molecular weight excluding hydrogens is 288 g/mol. The van der Waals surface area contributed by atoms with Gasteiger partial charge in [-0.2, -0.15) is 0 Å². The maximum atomic E-state index is 12.5. The second-order valence-electron chi connectivity index (χ2n) is 5.43. The normalized spacial score (nSPS) is 21.1. The van der Waals surface area contributed by atoms with Crippen molar-refractivity contribution in [3.8, 4) is 0 Å². The van der Waals surface area contributed by atoms with Crippen LogP contribution < -0.4 is 5.32 Å². The zero-order valence-electron chi connectivity index (χ0n) is 13.0. The Morgan fingerprint density at radius 3 is 2.73 bits per heavy atom. The molecule has 1 N–H and O–H groups in total. The number of nitrogens with one attached hydrogen (secondary N) is 1. The number of imide groups is 1. The number of carbonyl (C=O) groups is 3. The molecule has 1 fully saturated rings. The van der Waals surface area contributed by atoms with Crippen LogP contribution in [0.4, 0.5) is 4.79 Å². The highest BCUT2D eigenvalue weighted by molar-refractivity contribution is 6.08. The van der Waals surface area contributed by atoms with Crippen LogP contribution in [-0.2, 0) is 19.9 Å². The topological polar surface area (TPSA) is 88.8 Å². The summed E-state index contributed by atoms with van der Waals surface area (Å²) in [5, 5.41) is 2.57. The van der Waals surface area contributed by atoms with E-state index in [1.54, 1.807) is 26.0 Å². The SMILES string of the molecule is CCCCOC(=O)CN1C(=O)NC(C)(c2ccc(C)o2)C1=O. The Labute approximate surface area is 128 Å². The predicted octanol–water partition coefficient (Wildman–Crippen LogP) is 1.70. The van der Waals surface area contributed by atoms with Gasteiger partial charge in [0, 0.05) is 0 Å². The lowest BCUT2D eigenvalue weighted by Gasteiger charge is -2.18. The standard InChI is InChI=1S/C15H20N2O5/c1-4-5-8-21-12(18)9-17-13(19)15(3,16-14(17)20)11-7-6-10(2)22-11/h6-7H,4-5,8-9H2,1-3H3,(H,16,20). The number of hydrogen-bond donors (Lipinski definition) is 1.